The molecule has 4 fully saturated rings. The maximum atomic E-state index is 5.80. The lowest BCUT2D eigenvalue weighted by Crippen LogP contribution is -2.46. The minimum atomic E-state index is -0.200. The lowest BCUT2D eigenvalue weighted by Gasteiger charge is -2.36. The van der Waals surface area contributed by atoms with Gasteiger partial charge in [0.25, 0.3) is 0 Å². The Labute approximate surface area is 115 Å². The first-order valence-corrected chi connectivity index (χ1v) is 8.11. The summed E-state index contributed by atoms with van der Waals surface area (Å²) in [5, 5.41) is 3.88. The van der Waals surface area contributed by atoms with Crippen LogP contribution in [0.4, 0.5) is 0 Å². The van der Waals surface area contributed by atoms with Crippen molar-refractivity contribution in [2.24, 2.45) is 0 Å². The van der Waals surface area contributed by atoms with E-state index >= 15 is 0 Å². The molecule has 0 aromatic carbocycles. The van der Waals surface area contributed by atoms with Gasteiger partial charge in [-0.15, -0.1) is 0 Å². The van der Waals surface area contributed by atoms with Crippen LogP contribution < -0.4 is 5.32 Å². The summed E-state index contributed by atoms with van der Waals surface area (Å²) < 4.78 is 11.6. The van der Waals surface area contributed by atoms with Gasteiger partial charge in [0, 0.05) is 44.1 Å². The zero-order valence-corrected chi connectivity index (χ0v) is 11.8. The molecule has 0 radical (unpaired) electrons. The third-order valence-corrected chi connectivity index (χ3v) is 5.32. The second-order valence-corrected chi connectivity index (χ2v) is 6.76. The van der Waals surface area contributed by atoms with Crippen molar-refractivity contribution in [3.63, 3.8) is 0 Å². The quantitative estimate of drug-likeness (QED) is 0.839. The van der Waals surface area contributed by atoms with Crippen LogP contribution in [0.5, 0.6) is 0 Å². The molecule has 0 aromatic rings. The Kier molecular flexibility index (Phi) is 3.30. The van der Waals surface area contributed by atoms with Crippen molar-refractivity contribution in [3.8, 4) is 0 Å². The first kappa shape index (κ1) is 12.6. The fourth-order valence-electron chi connectivity index (χ4n) is 4.04. The van der Waals surface area contributed by atoms with E-state index in [1.54, 1.807) is 0 Å². The molecule has 4 rings (SSSR count). The number of nitrogens with one attached hydrogen (secondary N) is 1. The van der Waals surface area contributed by atoms with Crippen molar-refractivity contribution in [1.29, 1.82) is 0 Å². The Bertz CT molecular complexity index is 316. The monoisotopic (exact) mass is 266 g/mol. The van der Waals surface area contributed by atoms with E-state index in [9.17, 15) is 0 Å². The van der Waals surface area contributed by atoms with Gasteiger partial charge in [0.2, 0.25) is 0 Å². The highest BCUT2D eigenvalue weighted by molar-refractivity contribution is 4.94. The van der Waals surface area contributed by atoms with Crippen molar-refractivity contribution >= 4 is 0 Å². The summed E-state index contributed by atoms with van der Waals surface area (Å²) in [6.45, 7) is 4.17. The predicted octanol–water partition coefficient (Wildman–Crippen LogP) is 1.50. The van der Waals surface area contributed by atoms with Gasteiger partial charge >= 0.3 is 0 Å². The van der Waals surface area contributed by atoms with E-state index in [2.05, 4.69) is 10.2 Å². The lowest BCUT2D eigenvalue weighted by atomic mass is 9.89. The maximum absolute atomic E-state index is 5.80. The van der Waals surface area contributed by atoms with Crippen molar-refractivity contribution in [2.45, 2.75) is 68.9 Å². The topological polar surface area (TPSA) is 33.7 Å². The first-order chi connectivity index (χ1) is 9.33. The molecule has 0 aromatic heterocycles. The fraction of sp³-hybridized carbons (Fsp3) is 1.00. The lowest BCUT2D eigenvalue weighted by molar-refractivity contribution is -0.179. The van der Waals surface area contributed by atoms with Gasteiger partial charge in [0.15, 0.2) is 5.79 Å². The van der Waals surface area contributed by atoms with Crippen LogP contribution in [0.15, 0.2) is 0 Å². The number of hydrogen-bond acceptors (Lipinski definition) is 4. The highest BCUT2D eigenvalue weighted by Crippen LogP contribution is 2.36. The normalized spacial score (nSPS) is 36.3. The Morgan fingerprint density at radius 1 is 0.895 bits per heavy atom. The highest BCUT2D eigenvalue weighted by atomic mass is 16.7. The van der Waals surface area contributed by atoms with Crippen LogP contribution in [-0.2, 0) is 9.47 Å². The van der Waals surface area contributed by atoms with Crippen molar-refractivity contribution < 1.29 is 9.47 Å². The van der Waals surface area contributed by atoms with E-state index < -0.39 is 0 Å². The predicted molar refractivity (Wildman–Crippen MR) is 73.0 cm³/mol. The van der Waals surface area contributed by atoms with E-state index in [1.807, 2.05) is 0 Å². The summed E-state index contributed by atoms with van der Waals surface area (Å²) >= 11 is 0. The van der Waals surface area contributed by atoms with Gasteiger partial charge in [-0.3, -0.25) is 4.90 Å². The third kappa shape index (κ3) is 2.68. The molecule has 0 bridgehead atoms. The van der Waals surface area contributed by atoms with Crippen LogP contribution >= 0.6 is 0 Å². The Hall–Kier alpha value is -0.160. The van der Waals surface area contributed by atoms with Crippen LogP contribution in [0.3, 0.4) is 0 Å². The molecule has 1 spiro atoms. The minimum absolute atomic E-state index is 0.200. The molecule has 1 N–H and O–H groups in total. The average Bonchev–Trinajstić information content (AvgIpc) is 3.01. The number of hydrogen-bond donors (Lipinski definition) is 1. The molecule has 1 unspecified atom stereocenters. The Morgan fingerprint density at radius 2 is 1.63 bits per heavy atom. The molecule has 2 aliphatic heterocycles. The molecule has 19 heavy (non-hydrogen) atoms. The molecule has 4 nitrogen and oxygen atoms in total. The number of rotatable bonds is 3. The van der Waals surface area contributed by atoms with Crippen LogP contribution in [0.2, 0.25) is 0 Å². The summed E-state index contributed by atoms with van der Waals surface area (Å²) in [6.07, 6.45) is 8.78. The molecule has 2 heterocycles. The number of ether oxygens (including phenoxy) is 2. The van der Waals surface area contributed by atoms with Crippen LogP contribution in [0.25, 0.3) is 0 Å². The van der Waals surface area contributed by atoms with Crippen LogP contribution in [0.1, 0.15) is 44.9 Å². The minimum Gasteiger partial charge on any atom is -0.348 e. The second-order valence-electron chi connectivity index (χ2n) is 6.76. The van der Waals surface area contributed by atoms with Gasteiger partial charge in [0.1, 0.15) is 0 Å². The van der Waals surface area contributed by atoms with Crippen LogP contribution in [-0.4, -0.2) is 55.1 Å². The molecule has 2 saturated heterocycles. The highest BCUT2D eigenvalue weighted by Gasteiger charge is 2.41. The molecule has 4 aliphatic rings. The van der Waals surface area contributed by atoms with Crippen LogP contribution in [0, 0.1) is 0 Å². The molecule has 1 atom stereocenters. The van der Waals surface area contributed by atoms with Crippen molar-refractivity contribution in [2.75, 3.05) is 26.3 Å². The zero-order valence-electron chi connectivity index (χ0n) is 11.8. The molecular weight excluding hydrogens is 240 g/mol. The summed E-state index contributed by atoms with van der Waals surface area (Å²) in [5.41, 5.74) is 0. The Balaban J connectivity index is 1.24. The largest absolute Gasteiger partial charge is 0.348 e. The summed E-state index contributed by atoms with van der Waals surface area (Å²) in [4.78, 5) is 2.69. The summed E-state index contributed by atoms with van der Waals surface area (Å²) in [6, 6.07) is 2.34. The first-order valence-electron chi connectivity index (χ1n) is 8.11. The molecule has 4 heteroatoms. The molecule has 2 aliphatic carbocycles. The van der Waals surface area contributed by atoms with Gasteiger partial charge in [-0.25, -0.2) is 0 Å². The number of nitrogens with zero attached hydrogens (tertiary/aromatic N) is 1. The van der Waals surface area contributed by atoms with E-state index in [4.69, 9.17) is 9.47 Å². The van der Waals surface area contributed by atoms with E-state index in [1.165, 1.54) is 45.2 Å². The zero-order chi connectivity index (χ0) is 12.7. The smallest absolute Gasteiger partial charge is 0.168 e. The Morgan fingerprint density at radius 3 is 2.32 bits per heavy atom. The van der Waals surface area contributed by atoms with Crippen molar-refractivity contribution in [1.82, 2.24) is 10.2 Å². The third-order valence-electron chi connectivity index (χ3n) is 5.32. The molecule has 108 valence electrons. The van der Waals surface area contributed by atoms with E-state index in [0.29, 0.717) is 6.04 Å². The number of likely N-dealkylation sites (tertiary alicyclic amines) is 1. The maximum Gasteiger partial charge on any atom is 0.168 e. The van der Waals surface area contributed by atoms with Gasteiger partial charge in [0.05, 0.1) is 13.2 Å². The van der Waals surface area contributed by atoms with Gasteiger partial charge < -0.3 is 14.8 Å². The SMILES string of the molecule is C1COC2(CCC(NC3CCN(C4CC4)C3)CC2)O1. The van der Waals surface area contributed by atoms with Crippen molar-refractivity contribution in [3.05, 3.63) is 0 Å². The second kappa shape index (κ2) is 4.99. The summed E-state index contributed by atoms with van der Waals surface area (Å²) in [7, 11) is 0. The molecule has 0 amide bonds. The summed E-state index contributed by atoms with van der Waals surface area (Å²) in [5.74, 6) is -0.200. The standard InChI is InChI=1S/C15H26N2O2/c1-2-14(1)17-8-5-13(11-17)16-12-3-6-15(7-4-12)18-9-10-19-15/h12-14,16H,1-11H2. The van der Waals surface area contributed by atoms with Gasteiger partial charge in [-0.05, 0) is 32.1 Å². The molecular formula is C15H26N2O2. The fourth-order valence-corrected chi connectivity index (χ4v) is 4.04. The molecule has 2 saturated carbocycles. The van der Waals surface area contributed by atoms with E-state index in [0.717, 1.165) is 38.1 Å². The van der Waals surface area contributed by atoms with E-state index in [-0.39, 0.29) is 5.79 Å². The average molecular weight is 266 g/mol. The van der Waals surface area contributed by atoms with Gasteiger partial charge in [-0.2, -0.15) is 0 Å². The van der Waals surface area contributed by atoms with Gasteiger partial charge in [-0.1, -0.05) is 0 Å².